The number of ether oxygens (including phenoxy) is 1. The first kappa shape index (κ1) is 12.8. The summed E-state index contributed by atoms with van der Waals surface area (Å²) < 4.78 is 29.4. The van der Waals surface area contributed by atoms with Crippen LogP contribution in [0.5, 0.6) is 0 Å². The maximum atomic E-state index is 12.5. The number of nitrogens with zero attached hydrogens (tertiary/aromatic N) is 2. The summed E-state index contributed by atoms with van der Waals surface area (Å²) in [6, 6.07) is 1.67. The molecular formula is C9H5F2IN2O2. The van der Waals surface area contributed by atoms with Crippen LogP contribution >= 0.6 is 22.6 Å². The summed E-state index contributed by atoms with van der Waals surface area (Å²) in [7, 11) is 1.12. The lowest BCUT2D eigenvalue weighted by molar-refractivity contribution is 0.0593. The first-order valence-electron chi connectivity index (χ1n) is 3.97. The molecule has 1 heterocycles. The van der Waals surface area contributed by atoms with Crippen LogP contribution in [-0.4, -0.2) is 18.1 Å². The molecular weight excluding hydrogens is 333 g/mol. The second-order valence-corrected chi connectivity index (χ2v) is 3.73. The van der Waals surface area contributed by atoms with E-state index in [2.05, 4.69) is 9.72 Å². The van der Waals surface area contributed by atoms with E-state index in [1.165, 1.54) is 0 Å². The Balaban J connectivity index is 3.42. The van der Waals surface area contributed by atoms with Crippen molar-refractivity contribution in [2.75, 3.05) is 7.11 Å². The molecule has 0 saturated heterocycles. The molecule has 7 heteroatoms. The fraction of sp³-hybridized carbons (Fsp3) is 0.222. The van der Waals surface area contributed by atoms with Gasteiger partial charge in [-0.15, -0.1) is 0 Å². The van der Waals surface area contributed by atoms with Gasteiger partial charge >= 0.3 is 5.97 Å². The summed E-state index contributed by atoms with van der Waals surface area (Å²) in [6.07, 6.45) is -1.86. The lowest BCUT2D eigenvalue weighted by Crippen LogP contribution is -2.10. The number of nitriles is 1. The minimum absolute atomic E-state index is 0.0190. The maximum absolute atomic E-state index is 12.5. The summed E-state index contributed by atoms with van der Waals surface area (Å²) >= 11 is 1.58. The topological polar surface area (TPSA) is 63.0 Å². The zero-order chi connectivity index (χ0) is 12.3. The molecule has 0 N–H and O–H groups in total. The van der Waals surface area contributed by atoms with Gasteiger partial charge in [0.25, 0.3) is 6.43 Å². The molecule has 84 valence electrons. The Labute approximate surface area is 103 Å². The Morgan fingerprint density at radius 2 is 2.31 bits per heavy atom. The third kappa shape index (κ3) is 2.27. The van der Waals surface area contributed by atoms with Gasteiger partial charge in [0.15, 0.2) is 5.69 Å². The van der Waals surface area contributed by atoms with Crippen molar-refractivity contribution in [2.24, 2.45) is 0 Å². The van der Waals surface area contributed by atoms with Crippen molar-refractivity contribution in [3.05, 3.63) is 26.6 Å². The molecule has 0 saturated carbocycles. The number of alkyl halides is 2. The van der Waals surface area contributed by atoms with Gasteiger partial charge < -0.3 is 4.74 Å². The highest BCUT2D eigenvalue weighted by atomic mass is 127. The van der Waals surface area contributed by atoms with Crippen LogP contribution in [0.1, 0.15) is 28.0 Å². The normalized spacial score (nSPS) is 10.0. The molecule has 0 aliphatic carbocycles. The minimum Gasteiger partial charge on any atom is -0.464 e. The van der Waals surface area contributed by atoms with Crippen LogP contribution in [0.3, 0.4) is 0 Å². The summed E-state index contributed by atoms with van der Waals surface area (Å²) in [5, 5.41) is 8.80. The van der Waals surface area contributed by atoms with Crippen molar-refractivity contribution in [3.63, 3.8) is 0 Å². The maximum Gasteiger partial charge on any atom is 0.358 e. The number of carbonyl (C=O) groups excluding carboxylic acids is 1. The second-order valence-electron chi connectivity index (χ2n) is 2.66. The molecule has 16 heavy (non-hydrogen) atoms. The molecule has 0 spiro atoms. The van der Waals surface area contributed by atoms with E-state index in [-0.39, 0.29) is 20.4 Å². The molecule has 0 aromatic carbocycles. The summed E-state index contributed by atoms with van der Waals surface area (Å²) in [5.74, 6) is -0.824. The van der Waals surface area contributed by atoms with Gasteiger partial charge in [-0.05, 0) is 22.6 Å². The van der Waals surface area contributed by atoms with Crippen molar-refractivity contribution in [1.29, 1.82) is 5.26 Å². The minimum atomic E-state index is -2.74. The fourth-order valence-corrected chi connectivity index (χ4v) is 1.76. The molecule has 0 atom stereocenters. The largest absolute Gasteiger partial charge is 0.464 e. The van der Waals surface area contributed by atoms with Gasteiger partial charge in [-0.2, -0.15) is 5.26 Å². The third-order valence-electron chi connectivity index (χ3n) is 1.77. The molecule has 1 aromatic rings. The van der Waals surface area contributed by atoms with Gasteiger partial charge in [-0.3, -0.25) is 0 Å². The van der Waals surface area contributed by atoms with Crippen LogP contribution in [0, 0.1) is 14.9 Å². The molecule has 1 aromatic heterocycles. The first-order valence-corrected chi connectivity index (χ1v) is 5.05. The van der Waals surface area contributed by atoms with Crippen LogP contribution in [0.25, 0.3) is 0 Å². The zero-order valence-corrected chi connectivity index (χ0v) is 10.2. The average molecular weight is 338 g/mol. The molecule has 0 fully saturated rings. The Morgan fingerprint density at radius 1 is 1.69 bits per heavy atom. The van der Waals surface area contributed by atoms with Gasteiger partial charge in [0, 0.05) is 9.77 Å². The number of hydrogen-bond acceptors (Lipinski definition) is 4. The van der Waals surface area contributed by atoms with E-state index in [0.717, 1.165) is 13.3 Å². The molecule has 4 nitrogen and oxygen atoms in total. The quantitative estimate of drug-likeness (QED) is 0.613. The smallest absolute Gasteiger partial charge is 0.358 e. The second kappa shape index (κ2) is 5.16. The Bertz CT molecular complexity index is 471. The van der Waals surface area contributed by atoms with Gasteiger partial charge in [-0.25, -0.2) is 18.6 Å². The van der Waals surface area contributed by atoms with E-state index in [9.17, 15) is 13.6 Å². The number of aromatic nitrogens is 1. The van der Waals surface area contributed by atoms with E-state index in [1.807, 2.05) is 0 Å². The predicted molar refractivity (Wildman–Crippen MR) is 58.0 cm³/mol. The van der Waals surface area contributed by atoms with Crippen molar-refractivity contribution < 1.29 is 18.3 Å². The number of hydrogen-bond donors (Lipinski definition) is 0. The number of esters is 1. The number of methoxy groups -OCH3 is 1. The molecule has 0 bridgehead atoms. The highest BCUT2D eigenvalue weighted by Gasteiger charge is 2.22. The molecule has 0 aliphatic heterocycles. The van der Waals surface area contributed by atoms with Crippen molar-refractivity contribution in [3.8, 4) is 6.07 Å². The van der Waals surface area contributed by atoms with E-state index in [0.29, 0.717) is 0 Å². The van der Waals surface area contributed by atoms with Gasteiger partial charge in [-0.1, -0.05) is 0 Å². The lowest BCUT2D eigenvalue weighted by atomic mass is 10.1. The fourth-order valence-electron chi connectivity index (χ4n) is 1.01. The molecule has 0 unspecified atom stereocenters. The molecule has 0 aliphatic rings. The monoisotopic (exact) mass is 338 g/mol. The average Bonchev–Trinajstić information content (AvgIpc) is 2.26. The van der Waals surface area contributed by atoms with Gasteiger partial charge in [0.1, 0.15) is 6.07 Å². The van der Waals surface area contributed by atoms with Crippen LogP contribution in [0.4, 0.5) is 8.78 Å². The Morgan fingerprint density at radius 3 is 2.75 bits per heavy atom. The van der Waals surface area contributed by atoms with Crippen LogP contribution < -0.4 is 0 Å². The van der Waals surface area contributed by atoms with E-state index < -0.39 is 12.4 Å². The number of rotatable bonds is 2. The standard InChI is InChI=1S/C9H5F2IN2O2/c1-16-9(15)7-4(2-13)6(12)5(3-14-7)8(10)11/h3,8H,1H3. The van der Waals surface area contributed by atoms with Crippen molar-refractivity contribution in [1.82, 2.24) is 4.98 Å². The number of carbonyl (C=O) groups is 1. The molecule has 1 rings (SSSR count). The van der Waals surface area contributed by atoms with Crippen LogP contribution in [-0.2, 0) is 4.74 Å². The highest BCUT2D eigenvalue weighted by molar-refractivity contribution is 14.1. The third-order valence-corrected chi connectivity index (χ3v) is 2.93. The van der Waals surface area contributed by atoms with Crippen LogP contribution in [0.15, 0.2) is 6.20 Å². The summed E-state index contributed by atoms with van der Waals surface area (Å²) in [5.41, 5.74) is -0.811. The van der Waals surface area contributed by atoms with Crippen LogP contribution in [0.2, 0.25) is 0 Å². The predicted octanol–water partition coefficient (Wildman–Crippen LogP) is 2.28. The summed E-state index contributed by atoms with van der Waals surface area (Å²) in [4.78, 5) is 14.7. The number of pyridine rings is 1. The van der Waals surface area contributed by atoms with E-state index in [1.54, 1.807) is 28.7 Å². The Hall–Kier alpha value is -1.30. The molecule has 0 radical (unpaired) electrons. The van der Waals surface area contributed by atoms with Gasteiger partial charge in [0.05, 0.1) is 18.2 Å². The zero-order valence-electron chi connectivity index (χ0n) is 8.00. The van der Waals surface area contributed by atoms with Gasteiger partial charge in [0.2, 0.25) is 0 Å². The van der Waals surface area contributed by atoms with Crippen molar-refractivity contribution in [2.45, 2.75) is 6.43 Å². The van der Waals surface area contributed by atoms with Crippen molar-refractivity contribution >= 4 is 28.6 Å². The molecule has 0 amide bonds. The van der Waals surface area contributed by atoms with E-state index in [4.69, 9.17) is 5.26 Å². The highest BCUT2D eigenvalue weighted by Crippen LogP contribution is 2.27. The SMILES string of the molecule is COC(=O)c1ncc(C(F)F)c(I)c1C#N. The van der Waals surface area contributed by atoms with E-state index >= 15 is 0 Å². The Kier molecular flexibility index (Phi) is 4.12. The summed E-state index contributed by atoms with van der Waals surface area (Å²) in [6.45, 7) is 0. The lowest BCUT2D eigenvalue weighted by Gasteiger charge is -2.07. The number of halogens is 3. The first-order chi connectivity index (χ1) is 7.52.